The van der Waals surface area contributed by atoms with Gasteiger partial charge in [0.25, 0.3) is 0 Å². The van der Waals surface area contributed by atoms with Crippen LogP contribution in [0.3, 0.4) is 0 Å². The van der Waals surface area contributed by atoms with Gasteiger partial charge in [0.15, 0.2) is 16.2 Å². The Balaban J connectivity index is 1.37. The first-order valence-corrected chi connectivity index (χ1v) is 11.7. The lowest BCUT2D eigenvalue weighted by Gasteiger charge is -2.32. The fourth-order valence-electron chi connectivity index (χ4n) is 3.69. The molecule has 1 unspecified atom stereocenters. The molecule has 0 spiro atoms. The number of sulfonamides is 1. The Kier molecular flexibility index (Phi) is 6.03. The van der Waals surface area contributed by atoms with Crippen LogP contribution in [0.15, 0.2) is 45.9 Å². The lowest BCUT2D eigenvalue weighted by Crippen LogP contribution is -2.47. The molecule has 10 heteroatoms. The van der Waals surface area contributed by atoms with E-state index in [0.29, 0.717) is 43.3 Å². The second kappa shape index (κ2) is 8.74. The fraction of sp³-hybridized carbons (Fsp3) is 0.381. The van der Waals surface area contributed by atoms with Gasteiger partial charge in [0.05, 0.1) is 6.04 Å². The molecule has 0 amide bonds. The molecule has 3 heterocycles. The molecule has 2 aromatic heterocycles. The van der Waals surface area contributed by atoms with Crippen LogP contribution in [0.4, 0.5) is 17.5 Å². The quantitative estimate of drug-likeness (QED) is 0.558. The van der Waals surface area contributed by atoms with E-state index in [-0.39, 0.29) is 10.9 Å². The number of hydrogen-bond donors (Lipinski definition) is 2. The third-order valence-corrected chi connectivity index (χ3v) is 7.07. The van der Waals surface area contributed by atoms with Crippen LogP contribution < -0.4 is 14.9 Å². The third kappa shape index (κ3) is 4.92. The van der Waals surface area contributed by atoms with Gasteiger partial charge in [-0.05, 0) is 44.9 Å². The van der Waals surface area contributed by atoms with E-state index in [0.717, 1.165) is 11.5 Å². The van der Waals surface area contributed by atoms with E-state index in [4.69, 9.17) is 4.52 Å². The highest BCUT2D eigenvalue weighted by Crippen LogP contribution is 2.25. The molecule has 1 saturated heterocycles. The molecule has 1 aliphatic rings. The molecule has 1 atom stereocenters. The lowest BCUT2D eigenvalue weighted by molar-refractivity contribution is 0.387. The number of aryl methyl sites for hydroxylation is 3. The molecule has 164 valence electrons. The van der Waals surface area contributed by atoms with Crippen molar-refractivity contribution in [3.8, 4) is 0 Å². The molecule has 1 aliphatic heterocycles. The molecular formula is C21H26N6O3S. The summed E-state index contributed by atoms with van der Waals surface area (Å²) in [4.78, 5) is 11.2. The summed E-state index contributed by atoms with van der Waals surface area (Å²) in [6, 6.07) is 9.76. The first-order valence-electron chi connectivity index (χ1n) is 10.2. The molecule has 0 aliphatic carbocycles. The van der Waals surface area contributed by atoms with Crippen molar-refractivity contribution in [1.29, 1.82) is 0 Å². The number of anilines is 3. The summed E-state index contributed by atoms with van der Waals surface area (Å²) in [5.41, 5.74) is 2.53. The van der Waals surface area contributed by atoms with Crippen molar-refractivity contribution >= 4 is 27.9 Å². The Morgan fingerprint density at radius 1 is 1.13 bits per heavy atom. The Hall–Kier alpha value is -2.82. The van der Waals surface area contributed by atoms with Gasteiger partial charge in [-0.2, -0.15) is 4.98 Å². The lowest BCUT2D eigenvalue weighted by atomic mass is 10.1. The van der Waals surface area contributed by atoms with Crippen molar-refractivity contribution in [3.63, 3.8) is 0 Å². The second-order valence-electron chi connectivity index (χ2n) is 7.77. The molecule has 2 N–H and O–H groups in total. The number of benzene rings is 1. The van der Waals surface area contributed by atoms with Crippen LogP contribution in [-0.2, 0) is 14.6 Å². The zero-order chi connectivity index (χ0) is 22.0. The number of hydrogen-bond acceptors (Lipinski definition) is 8. The van der Waals surface area contributed by atoms with Gasteiger partial charge in [-0.1, -0.05) is 27.1 Å². The van der Waals surface area contributed by atoms with Crippen molar-refractivity contribution in [3.05, 3.63) is 53.5 Å². The van der Waals surface area contributed by atoms with Crippen molar-refractivity contribution in [1.82, 2.24) is 19.8 Å². The summed E-state index contributed by atoms with van der Waals surface area (Å²) in [6.07, 6.45) is 3.04. The zero-order valence-electron chi connectivity index (χ0n) is 17.8. The summed E-state index contributed by atoms with van der Waals surface area (Å²) < 4.78 is 33.3. The molecule has 31 heavy (non-hydrogen) atoms. The summed E-state index contributed by atoms with van der Waals surface area (Å²) in [6.45, 7) is 6.59. The maximum Gasteiger partial charge on any atom is 0.240 e. The maximum atomic E-state index is 12.7. The predicted octanol–water partition coefficient (Wildman–Crippen LogP) is 3.30. The molecule has 0 bridgehead atoms. The SMILES string of the molecule is Cc1ccc(Nc2ccnc(N3CCC(N[S+](=O)([O-])c4c(C)noc4C)CC3)n2)cc1. The minimum absolute atomic E-state index is 0.133. The summed E-state index contributed by atoms with van der Waals surface area (Å²) in [5, 5.41) is 7.04. The summed E-state index contributed by atoms with van der Waals surface area (Å²) in [7, 11) is -3.67. The average Bonchev–Trinajstić information content (AvgIpc) is 3.09. The van der Waals surface area contributed by atoms with Gasteiger partial charge in [0.2, 0.25) is 10.8 Å². The molecule has 3 aromatic rings. The predicted molar refractivity (Wildman–Crippen MR) is 118 cm³/mol. The molecule has 4 rings (SSSR count). The monoisotopic (exact) mass is 442 g/mol. The van der Waals surface area contributed by atoms with Crippen LogP contribution in [0.2, 0.25) is 0 Å². The van der Waals surface area contributed by atoms with Gasteiger partial charge in [0, 0.05) is 31.9 Å². The van der Waals surface area contributed by atoms with E-state index in [1.165, 1.54) is 5.56 Å². The highest BCUT2D eigenvalue weighted by Gasteiger charge is 2.34. The summed E-state index contributed by atoms with van der Waals surface area (Å²) >= 11 is 0. The second-order valence-corrected chi connectivity index (χ2v) is 9.42. The molecule has 0 radical (unpaired) electrons. The molecule has 1 fully saturated rings. The first kappa shape index (κ1) is 21.4. The van der Waals surface area contributed by atoms with Crippen LogP contribution in [0, 0.1) is 20.8 Å². The van der Waals surface area contributed by atoms with E-state index < -0.39 is 10.4 Å². The largest absolute Gasteiger partial charge is 0.593 e. The van der Waals surface area contributed by atoms with Crippen LogP contribution >= 0.6 is 0 Å². The molecule has 0 saturated carbocycles. The van der Waals surface area contributed by atoms with Crippen molar-refractivity contribution in [2.24, 2.45) is 0 Å². The Labute approximate surface area is 182 Å². The van der Waals surface area contributed by atoms with E-state index >= 15 is 0 Å². The topological polar surface area (TPSA) is 119 Å². The number of rotatable bonds is 6. The molecular weight excluding hydrogens is 416 g/mol. The van der Waals surface area contributed by atoms with Gasteiger partial charge < -0.3 is 19.3 Å². The smallest absolute Gasteiger partial charge is 0.240 e. The number of nitrogens with one attached hydrogen (secondary N) is 2. The standard InChI is InChI=1S/C21H26N6O3S/c1-14-4-6-17(7-5-14)23-19-8-11-22-21(24-19)27-12-9-18(10-13-27)26-31(28,29)20-15(2)25-30-16(20)3/h4-8,11,18H,9-10,12-13H2,1-3H3,(H2-,22,23,24,26,28,29). The normalized spacial score (nSPS) is 16.8. The van der Waals surface area contributed by atoms with Crippen molar-refractivity contribution in [2.75, 3.05) is 23.3 Å². The van der Waals surface area contributed by atoms with E-state index in [1.54, 1.807) is 20.0 Å². The van der Waals surface area contributed by atoms with Gasteiger partial charge in [-0.25, -0.2) is 4.98 Å². The highest BCUT2D eigenvalue weighted by atomic mass is 32.3. The highest BCUT2D eigenvalue weighted by molar-refractivity contribution is 7.95. The van der Waals surface area contributed by atoms with Crippen LogP contribution in [0.5, 0.6) is 0 Å². The third-order valence-electron chi connectivity index (χ3n) is 5.30. The maximum absolute atomic E-state index is 12.7. The van der Waals surface area contributed by atoms with E-state index in [2.05, 4.69) is 30.1 Å². The minimum atomic E-state index is -3.67. The van der Waals surface area contributed by atoms with E-state index in [1.807, 2.05) is 37.3 Å². The number of nitrogens with zero attached hydrogens (tertiary/aromatic N) is 4. The van der Waals surface area contributed by atoms with Crippen LogP contribution in [-0.4, -0.2) is 38.8 Å². The van der Waals surface area contributed by atoms with Gasteiger partial charge in [0.1, 0.15) is 11.5 Å². The van der Waals surface area contributed by atoms with Crippen LogP contribution in [0.25, 0.3) is 0 Å². The Morgan fingerprint density at radius 2 is 1.84 bits per heavy atom. The zero-order valence-corrected chi connectivity index (χ0v) is 18.6. The van der Waals surface area contributed by atoms with Crippen molar-refractivity contribution < 1.29 is 13.3 Å². The van der Waals surface area contributed by atoms with Gasteiger partial charge >= 0.3 is 0 Å². The first-order chi connectivity index (χ1) is 14.8. The van der Waals surface area contributed by atoms with Gasteiger partial charge in [-0.15, -0.1) is 4.72 Å². The Morgan fingerprint density at radius 3 is 2.48 bits per heavy atom. The molecule has 1 aromatic carbocycles. The van der Waals surface area contributed by atoms with E-state index in [9.17, 15) is 8.76 Å². The van der Waals surface area contributed by atoms with Crippen molar-refractivity contribution in [2.45, 2.75) is 44.6 Å². The Bertz CT molecular complexity index is 1070. The van der Waals surface area contributed by atoms with Gasteiger partial charge in [-0.3, -0.25) is 0 Å². The number of piperidine rings is 1. The fourth-order valence-corrected chi connectivity index (χ4v) is 5.32. The summed E-state index contributed by atoms with van der Waals surface area (Å²) in [5.74, 6) is 1.65. The van der Waals surface area contributed by atoms with Crippen LogP contribution in [0.1, 0.15) is 29.9 Å². The molecule has 9 nitrogen and oxygen atoms in total. The minimum Gasteiger partial charge on any atom is -0.593 e. The average molecular weight is 443 g/mol. The number of aromatic nitrogens is 3.